The number of carbonyl (C=O) groups is 1. The summed E-state index contributed by atoms with van der Waals surface area (Å²) >= 11 is 3.15. The maximum absolute atomic E-state index is 12.1. The number of H-pyrrole nitrogens is 1. The molecule has 3 aliphatic heterocycles. The maximum atomic E-state index is 12.1. The number of likely N-dealkylation sites (tertiary alicyclic amines) is 2. The number of aryl methyl sites for hydroxylation is 5. The highest BCUT2D eigenvalue weighted by molar-refractivity contribution is 14.0. The van der Waals surface area contributed by atoms with Crippen LogP contribution in [-0.4, -0.2) is 144 Å². The van der Waals surface area contributed by atoms with E-state index in [1.807, 2.05) is 29.9 Å². The molecule has 0 aromatic carbocycles. The summed E-state index contributed by atoms with van der Waals surface area (Å²) in [4.78, 5) is 67.5. The molecule has 0 bridgehead atoms. The van der Waals surface area contributed by atoms with Crippen molar-refractivity contribution in [3.8, 4) is 18.0 Å². The molecule has 10 heterocycles. The smallest absolute Gasteiger partial charge is 0.299 e. The first-order valence-corrected chi connectivity index (χ1v) is 25.8. The number of hydrogen-bond acceptors (Lipinski definition) is 21. The van der Waals surface area contributed by atoms with Crippen LogP contribution < -0.4 is 42.0 Å². The Morgan fingerprint density at radius 3 is 1.51 bits per heavy atom. The number of fused-ring (bicyclic) bond motifs is 4. The molecule has 25 nitrogen and oxygen atoms in total. The summed E-state index contributed by atoms with van der Waals surface area (Å²) < 4.78 is 19.2. The van der Waals surface area contributed by atoms with Crippen molar-refractivity contribution in [2.24, 2.45) is 0 Å². The van der Waals surface area contributed by atoms with E-state index in [1.165, 1.54) is 64.9 Å². The zero-order valence-corrected chi connectivity index (χ0v) is 48.0. The van der Waals surface area contributed by atoms with Crippen molar-refractivity contribution in [3.63, 3.8) is 0 Å². The van der Waals surface area contributed by atoms with E-state index in [9.17, 15) is 4.79 Å². The molecule has 7 aromatic rings. The molecule has 11 rings (SSSR count). The van der Waals surface area contributed by atoms with Gasteiger partial charge >= 0.3 is 0 Å². The van der Waals surface area contributed by atoms with Crippen LogP contribution in [0.5, 0.6) is 18.0 Å². The van der Waals surface area contributed by atoms with Gasteiger partial charge in [0.05, 0.1) is 41.1 Å². The van der Waals surface area contributed by atoms with Crippen LogP contribution in [0.2, 0.25) is 0 Å². The number of nitrogens with zero attached hydrogens (tertiary/aromatic N) is 16. The number of rotatable bonds is 8. The molecule has 7 aromatic heterocycles. The monoisotopic (exact) mass is 1200 g/mol. The number of carbonyl (C=O) groups excluding carboxylic acids is 1. The van der Waals surface area contributed by atoms with Gasteiger partial charge in [-0.1, -0.05) is 55.0 Å². The number of nitrogen functional groups attached to an aromatic ring is 4. The van der Waals surface area contributed by atoms with Crippen molar-refractivity contribution >= 4 is 108 Å². The van der Waals surface area contributed by atoms with Gasteiger partial charge in [0.1, 0.15) is 40.5 Å². The zero-order chi connectivity index (χ0) is 52.8. The van der Waals surface area contributed by atoms with Gasteiger partial charge in [0.25, 0.3) is 18.0 Å². The third-order valence-electron chi connectivity index (χ3n) is 12.1. The summed E-state index contributed by atoms with van der Waals surface area (Å²) in [6.07, 6.45) is 12.7. The fourth-order valence-corrected chi connectivity index (χ4v) is 8.70. The second kappa shape index (κ2) is 28.0. The number of aromatic nitrogens is 14. The number of amides is 1. The lowest BCUT2D eigenvalue weighted by Crippen LogP contribution is -2.38. The molecule has 4 aliphatic rings. The number of alkyl halides is 1. The molecule has 0 spiro atoms. The van der Waals surface area contributed by atoms with Gasteiger partial charge in [-0.3, -0.25) is 28.6 Å². The third-order valence-corrected chi connectivity index (χ3v) is 12.1. The van der Waals surface area contributed by atoms with Crippen molar-refractivity contribution in [2.45, 2.75) is 119 Å². The van der Waals surface area contributed by atoms with Crippen LogP contribution in [0.3, 0.4) is 0 Å². The van der Waals surface area contributed by atoms with Crippen LogP contribution in [0.1, 0.15) is 102 Å². The summed E-state index contributed by atoms with van der Waals surface area (Å²) in [5, 5.41) is 1.06. The topological polar surface area (TPSA) is 326 Å². The molecule has 3 fully saturated rings. The first-order chi connectivity index (χ1) is 35.1. The predicted molar refractivity (Wildman–Crippen MR) is 304 cm³/mol. The van der Waals surface area contributed by atoms with E-state index in [2.05, 4.69) is 85.5 Å². The molecule has 27 heteroatoms. The fraction of sp³-hybridized carbons (Fsp3) is 0.574. The highest BCUT2D eigenvalue weighted by atomic mass is 127. The molecule has 9 N–H and O–H groups in total. The van der Waals surface area contributed by atoms with Crippen molar-refractivity contribution in [3.05, 3.63) is 28.9 Å². The summed E-state index contributed by atoms with van der Waals surface area (Å²) in [6, 6.07) is 1.44. The van der Waals surface area contributed by atoms with Crippen molar-refractivity contribution in [1.29, 1.82) is 0 Å². The number of halogens is 2. The standard InChI is InChI=1S/C12H18N6O.C12H17N5O.C9H13N5O.C7H9N5O.C5H10.C2H5Br.HI.H2/c1-8-14-10(13)9-11(15-8)18(12(16-9)19-2)7-17-5-3-4-6-17;1-8-14-11(13)9-6-10(18)17(12(9)15-8)7-16-4-2-3-5-16;1-4-14-8-6(13-9(14)15-3)7(10)11-5(2)12-8;1-3-9-5(8)4-6(10-3)12-7(11-4)13-2;1-2-4-5-3-1;1-2-3;;/h3-7H2,1-2H3,(H2,13,14,15);2-7H2,1H3,(H2,13,14,15);4H2,1-3H3,(H2,10,11,12);1-2H3,(H3,8,9,10,11,12);1-5H2;2H2,1H3;2*1H. The predicted octanol–water partition coefficient (Wildman–Crippen LogP) is 6.30. The molecule has 0 atom stereocenters. The van der Waals surface area contributed by atoms with Gasteiger partial charge in [-0.25, -0.2) is 39.9 Å². The molecule has 2 saturated heterocycles. The first kappa shape index (κ1) is 58.8. The van der Waals surface area contributed by atoms with Gasteiger partial charge < -0.3 is 42.1 Å². The van der Waals surface area contributed by atoms with E-state index in [0.29, 0.717) is 106 Å². The average Bonchev–Trinajstić information content (AvgIpc) is 4.22. The van der Waals surface area contributed by atoms with E-state index in [-0.39, 0.29) is 31.3 Å². The van der Waals surface area contributed by atoms with Gasteiger partial charge in [0.2, 0.25) is 5.91 Å². The van der Waals surface area contributed by atoms with E-state index >= 15 is 0 Å². The van der Waals surface area contributed by atoms with Crippen LogP contribution in [0.25, 0.3) is 33.5 Å². The molecule has 0 radical (unpaired) electrons. The minimum atomic E-state index is 0. The van der Waals surface area contributed by atoms with E-state index in [4.69, 9.17) is 37.1 Å². The number of nitrogens with two attached hydrogens (primary N) is 4. The Labute approximate surface area is 458 Å². The number of nitrogens with one attached hydrogen (secondary N) is 1. The van der Waals surface area contributed by atoms with Crippen LogP contribution in [-0.2, 0) is 24.4 Å². The number of hydrogen-bond donors (Lipinski definition) is 5. The Bertz CT molecular complexity index is 2930. The highest BCUT2D eigenvalue weighted by Crippen LogP contribution is 2.31. The number of imidazole rings is 3. The van der Waals surface area contributed by atoms with Crippen LogP contribution in [0, 0.1) is 27.7 Å². The zero-order valence-electron chi connectivity index (χ0n) is 44.1. The Kier molecular flexibility index (Phi) is 22.3. The largest absolute Gasteiger partial charge is 0.468 e. The summed E-state index contributed by atoms with van der Waals surface area (Å²) in [5.41, 5.74) is 27.8. The molecule has 1 saturated carbocycles. The average molecular weight is 1210 g/mol. The van der Waals surface area contributed by atoms with Crippen LogP contribution in [0.4, 0.5) is 29.1 Å². The third kappa shape index (κ3) is 14.8. The Balaban J connectivity index is 0.000000206. The van der Waals surface area contributed by atoms with Crippen molar-refractivity contribution in [2.75, 3.05) is 87.3 Å². The van der Waals surface area contributed by atoms with Crippen LogP contribution >= 0.6 is 39.9 Å². The summed E-state index contributed by atoms with van der Waals surface area (Å²) in [5.74, 6) is 4.90. The summed E-state index contributed by atoms with van der Waals surface area (Å²) in [6.45, 7) is 17.6. The minimum absolute atomic E-state index is 0. The SMILES string of the molecule is C1CCCC1.CCBr.CCn1c(OC)nc2c(N)nc(C)nc21.COc1nc2c(N)nc(C)nc2n1CN1CCCC1.COc1nc2nc(C)nc(N)c2[nH]1.Cc1nc(N)c2c(n1)N(CN1CCCC1)C(=O)C2.I.[HH]. The van der Waals surface area contributed by atoms with Crippen molar-refractivity contribution < 1.29 is 20.4 Å². The van der Waals surface area contributed by atoms with E-state index < -0.39 is 0 Å². The lowest BCUT2D eigenvalue weighted by atomic mass is 10.2. The van der Waals surface area contributed by atoms with Gasteiger partial charge in [-0.2, -0.15) is 15.0 Å². The van der Waals surface area contributed by atoms with E-state index in [0.717, 1.165) is 61.6 Å². The number of anilines is 5. The van der Waals surface area contributed by atoms with Crippen LogP contribution in [0.15, 0.2) is 0 Å². The second-order valence-corrected chi connectivity index (χ2v) is 18.7. The number of ether oxygens (including phenoxy) is 3. The number of methoxy groups -OCH3 is 3. The van der Waals surface area contributed by atoms with Gasteiger partial charge in [0, 0.05) is 18.9 Å². The van der Waals surface area contributed by atoms with Gasteiger partial charge in [0.15, 0.2) is 45.4 Å². The highest BCUT2D eigenvalue weighted by Gasteiger charge is 2.33. The molecular formula is C47H75BrIN21O4. The Hall–Kier alpha value is -6.07. The molecule has 406 valence electrons. The minimum Gasteiger partial charge on any atom is -0.468 e. The fourth-order valence-electron chi connectivity index (χ4n) is 8.70. The quantitative estimate of drug-likeness (QED) is 0.0823. The molecule has 1 amide bonds. The maximum Gasteiger partial charge on any atom is 0.299 e. The van der Waals surface area contributed by atoms with Gasteiger partial charge in [-0.15, -0.1) is 24.0 Å². The molecule has 0 unspecified atom stereocenters. The molecule has 1 aliphatic carbocycles. The molecular weight excluding hydrogens is 1130 g/mol. The number of aromatic amines is 1. The second-order valence-electron chi connectivity index (χ2n) is 17.6. The van der Waals surface area contributed by atoms with Gasteiger partial charge in [-0.05, 0) is 86.5 Å². The summed E-state index contributed by atoms with van der Waals surface area (Å²) in [7, 11) is 4.70. The Morgan fingerprint density at radius 2 is 1.01 bits per heavy atom. The lowest BCUT2D eigenvalue weighted by molar-refractivity contribution is -0.117. The Morgan fingerprint density at radius 1 is 0.568 bits per heavy atom. The lowest BCUT2D eigenvalue weighted by Gasteiger charge is -2.23. The van der Waals surface area contributed by atoms with E-state index in [1.54, 1.807) is 39.9 Å². The molecule has 74 heavy (non-hydrogen) atoms. The normalized spacial score (nSPS) is 14.9. The first-order valence-electron chi connectivity index (χ1n) is 24.7. The van der Waals surface area contributed by atoms with Crippen molar-refractivity contribution in [1.82, 2.24) is 78.7 Å².